The van der Waals surface area contributed by atoms with Gasteiger partial charge in [-0.15, -0.1) is 0 Å². The zero-order chi connectivity index (χ0) is 13.7. The van der Waals surface area contributed by atoms with E-state index in [0.717, 1.165) is 31.4 Å². The van der Waals surface area contributed by atoms with Crippen molar-refractivity contribution in [1.29, 1.82) is 0 Å². The van der Waals surface area contributed by atoms with Crippen molar-refractivity contribution in [2.45, 2.75) is 32.7 Å². The van der Waals surface area contributed by atoms with E-state index in [0.29, 0.717) is 6.04 Å². The lowest BCUT2D eigenvalue weighted by Crippen LogP contribution is -2.35. The van der Waals surface area contributed by atoms with Gasteiger partial charge in [-0.25, -0.2) is 0 Å². The first-order valence-corrected chi connectivity index (χ1v) is 7.37. The topological polar surface area (TPSA) is 33.3 Å². The highest BCUT2D eigenvalue weighted by Gasteiger charge is 2.23. The first-order valence-electron chi connectivity index (χ1n) is 7.37. The van der Waals surface area contributed by atoms with Crippen LogP contribution in [0.1, 0.15) is 36.9 Å². The molecule has 1 saturated heterocycles. The molecule has 1 aliphatic heterocycles. The van der Waals surface area contributed by atoms with E-state index in [4.69, 9.17) is 4.74 Å². The Hall–Kier alpha value is -1.06. The van der Waals surface area contributed by atoms with Gasteiger partial charge in [0.2, 0.25) is 0 Å². The molecule has 1 atom stereocenters. The second kappa shape index (κ2) is 6.92. The molecule has 3 nitrogen and oxygen atoms in total. The van der Waals surface area contributed by atoms with Crippen molar-refractivity contribution in [1.82, 2.24) is 10.6 Å². The van der Waals surface area contributed by atoms with Gasteiger partial charge in [0.05, 0.1) is 6.61 Å². The van der Waals surface area contributed by atoms with Crippen molar-refractivity contribution in [3.05, 3.63) is 29.3 Å². The van der Waals surface area contributed by atoms with Crippen molar-refractivity contribution >= 4 is 0 Å². The molecular weight excluding hydrogens is 236 g/mol. The number of nitrogens with one attached hydrogen (secondary N) is 2. The highest BCUT2D eigenvalue weighted by atomic mass is 16.5. The Balaban J connectivity index is 2.15. The molecule has 0 aromatic heterocycles. The predicted octanol–water partition coefficient (Wildman–Crippen LogP) is 2.65. The standard InChI is InChI=1S/C16H26N2O/c1-4-19-15-6-5-14(11-12(15)2)16(17-3)13-7-9-18-10-8-13/h5-6,11,13,16-18H,4,7-10H2,1-3H3. The van der Waals surface area contributed by atoms with Crippen LogP contribution in [-0.2, 0) is 0 Å². The summed E-state index contributed by atoms with van der Waals surface area (Å²) in [6, 6.07) is 7.05. The van der Waals surface area contributed by atoms with Crippen LogP contribution in [0.4, 0.5) is 0 Å². The summed E-state index contributed by atoms with van der Waals surface area (Å²) in [6.45, 7) is 7.16. The molecule has 3 heteroatoms. The molecule has 0 saturated carbocycles. The number of benzene rings is 1. The van der Waals surface area contributed by atoms with Gasteiger partial charge in [-0.1, -0.05) is 12.1 Å². The molecule has 1 aromatic carbocycles. The number of ether oxygens (including phenoxy) is 1. The zero-order valence-corrected chi connectivity index (χ0v) is 12.3. The fraction of sp³-hybridized carbons (Fsp3) is 0.625. The molecule has 2 rings (SSSR count). The molecule has 1 aromatic rings. The largest absolute Gasteiger partial charge is 0.494 e. The Bertz CT molecular complexity index is 400. The van der Waals surface area contributed by atoms with Gasteiger partial charge in [-0.3, -0.25) is 0 Å². The molecule has 2 N–H and O–H groups in total. The normalized spacial score (nSPS) is 18.3. The van der Waals surface area contributed by atoms with E-state index in [-0.39, 0.29) is 0 Å². The Labute approximate surface area is 116 Å². The fourth-order valence-corrected chi connectivity index (χ4v) is 3.04. The third-order valence-electron chi connectivity index (χ3n) is 4.02. The maximum absolute atomic E-state index is 5.62. The maximum Gasteiger partial charge on any atom is 0.122 e. The first kappa shape index (κ1) is 14.4. The summed E-state index contributed by atoms with van der Waals surface area (Å²) in [4.78, 5) is 0. The maximum atomic E-state index is 5.62. The molecule has 0 bridgehead atoms. The lowest BCUT2D eigenvalue weighted by Gasteiger charge is -2.31. The highest BCUT2D eigenvalue weighted by Crippen LogP contribution is 2.31. The number of piperidine rings is 1. The Morgan fingerprint density at radius 1 is 1.37 bits per heavy atom. The second-order valence-corrected chi connectivity index (χ2v) is 5.31. The number of rotatable bonds is 5. The van der Waals surface area contributed by atoms with E-state index in [2.05, 4.69) is 42.8 Å². The Morgan fingerprint density at radius 2 is 2.11 bits per heavy atom. The molecule has 106 valence electrons. The molecule has 0 radical (unpaired) electrons. The minimum absolute atomic E-state index is 0.455. The van der Waals surface area contributed by atoms with E-state index < -0.39 is 0 Å². The van der Waals surface area contributed by atoms with E-state index >= 15 is 0 Å². The summed E-state index contributed by atoms with van der Waals surface area (Å²) < 4.78 is 5.62. The Morgan fingerprint density at radius 3 is 2.68 bits per heavy atom. The van der Waals surface area contributed by atoms with Crippen LogP contribution in [0.5, 0.6) is 5.75 Å². The minimum Gasteiger partial charge on any atom is -0.494 e. The summed E-state index contributed by atoms with van der Waals surface area (Å²) in [5.41, 5.74) is 2.61. The van der Waals surface area contributed by atoms with Gasteiger partial charge >= 0.3 is 0 Å². The molecule has 0 aliphatic carbocycles. The lowest BCUT2D eigenvalue weighted by atomic mass is 9.85. The molecule has 0 amide bonds. The van der Waals surface area contributed by atoms with Crippen LogP contribution in [0.2, 0.25) is 0 Å². The SMILES string of the molecule is CCOc1ccc(C(NC)C2CCNCC2)cc1C. The number of aryl methyl sites for hydroxylation is 1. The van der Waals surface area contributed by atoms with Crippen LogP contribution in [0.3, 0.4) is 0 Å². The van der Waals surface area contributed by atoms with Crippen molar-refractivity contribution in [2.75, 3.05) is 26.7 Å². The van der Waals surface area contributed by atoms with Gasteiger partial charge < -0.3 is 15.4 Å². The number of hydrogen-bond acceptors (Lipinski definition) is 3. The van der Waals surface area contributed by atoms with Crippen LogP contribution < -0.4 is 15.4 Å². The summed E-state index contributed by atoms with van der Waals surface area (Å²) in [5.74, 6) is 1.73. The molecule has 1 unspecified atom stereocenters. The van der Waals surface area contributed by atoms with Crippen LogP contribution in [0.15, 0.2) is 18.2 Å². The predicted molar refractivity (Wildman–Crippen MR) is 79.7 cm³/mol. The summed E-state index contributed by atoms with van der Waals surface area (Å²) >= 11 is 0. The smallest absolute Gasteiger partial charge is 0.122 e. The van der Waals surface area contributed by atoms with Crippen molar-refractivity contribution in [3.63, 3.8) is 0 Å². The van der Waals surface area contributed by atoms with Gasteiger partial charge in [0, 0.05) is 6.04 Å². The van der Waals surface area contributed by atoms with Crippen LogP contribution >= 0.6 is 0 Å². The quantitative estimate of drug-likeness (QED) is 0.856. The van der Waals surface area contributed by atoms with E-state index in [1.165, 1.54) is 24.0 Å². The zero-order valence-electron chi connectivity index (χ0n) is 12.3. The first-order chi connectivity index (χ1) is 9.26. The van der Waals surface area contributed by atoms with Gasteiger partial charge in [0.25, 0.3) is 0 Å². The van der Waals surface area contributed by atoms with Gasteiger partial charge in [-0.2, -0.15) is 0 Å². The molecule has 1 heterocycles. The molecular formula is C16H26N2O. The third kappa shape index (κ3) is 3.48. The van der Waals surface area contributed by atoms with Crippen molar-refractivity contribution in [2.24, 2.45) is 5.92 Å². The molecule has 1 aliphatic rings. The van der Waals surface area contributed by atoms with Crippen LogP contribution in [-0.4, -0.2) is 26.7 Å². The molecule has 0 spiro atoms. The van der Waals surface area contributed by atoms with E-state index in [9.17, 15) is 0 Å². The fourth-order valence-electron chi connectivity index (χ4n) is 3.04. The summed E-state index contributed by atoms with van der Waals surface area (Å²) in [7, 11) is 2.07. The van der Waals surface area contributed by atoms with Gasteiger partial charge in [0.15, 0.2) is 0 Å². The molecule has 1 fully saturated rings. The van der Waals surface area contributed by atoms with Gasteiger partial charge in [-0.05, 0) is 69.9 Å². The Kier molecular flexibility index (Phi) is 5.23. The van der Waals surface area contributed by atoms with Gasteiger partial charge in [0.1, 0.15) is 5.75 Å². The molecule has 19 heavy (non-hydrogen) atoms. The van der Waals surface area contributed by atoms with Crippen LogP contribution in [0.25, 0.3) is 0 Å². The monoisotopic (exact) mass is 262 g/mol. The summed E-state index contributed by atoms with van der Waals surface area (Å²) in [6.07, 6.45) is 2.50. The van der Waals surface area contributed by atoms with E-state index in [1.54, 1.807) is 0 Å². The van der Waals surface area contributed by atoms with E-state index in [1.807, 2.05) is 6.92 Å². The van der Waals surface area contributed by atoms with Crippen LogP contribution in [0, 0.1) is 12.8 Å². The number of hydrogen-bond donors (Lipinski definition) is 2. The van der Waals surface area contributed by atoms with Crippen molar-refractivity contribution < 1.29 is 4.74 Å². The minimum atomic E-state index is 0.455. The lowest BCUT2D eigenvalue weighted by molar-refractivity contribution is 0.293. The highest BCUT2D eigenvalue weighted by molar-refractivity contribution is 5.37. The average Bonchev–Trinajstić information content (AvgIpc) is 2.44. The third-order valence-corrected chi connectivity index (χ3v) is 4.02. The average molecular weight is 262 g/mol. The second-order valence-electron chi connectivity index (χ2n) is 5.31. The summed E-state index contributed by atoms with van der Waals surface area (Å²) in [5, 5.41) is 6.93. The van der Waals surface area contributed by atoms with Crippen molar-refractivity contribution in [3.8, 4) is 5.75 Å².